The normalized spacial score (nSPS) is 17.7. The van der Waals surface area contributed by atoms with Crippen LogP contribution in [0.15, 0.2) is 24.3 Å². The summed E-state index contributed by atoms with van der Waals surface area (Å²) < 4.78 is 33.2. The second kappa shape index (κ2) is 5.14. The van der Waals surface area contributed by atoms with Crippen molar-refractivity contribution in [2.24, 2.45) is 5.92 Å². The third-order valence-corrected chi connectivity index (χ3v) is 3.35. The Morgan fingerprint density at radius 3 is 2.33 bits per heavy atom. The van der Waals surface area contributed by atoms with Gasteiger partial charge >= 0.3 is 5.92 Å². The van der Waals surface area contributed by atoms with Crippen molar-refractivity contribution in [1.82, 2.24) is 0 Å². The molecule has 2 rings (SSSR count). The largest absolute Gasteiger partial charge is 0.381 e. The summed E-state index contributed by atoms with van der Waals surface area (Å²) in [6.07, 6.45) is 0.481. The van der Waals surface area contributed by atoms with Crippen molar-refractivity contribution < 1.29 is 18.3 Å². The Labute approximate surface area is 105 Å². The van der Waals surface area contributed by atoms with Gasteiger partial charge in [-0.15, -0.1) is 0 Å². The molecule has 1 aromatic carbocycles. The fraction of sp³-hybridized carbons (Fsp3) is 0.500. The number of aryl methyl sites for hydroxylation is 1. The minimum Gasteiger partial charge on any atom is -0.381 e. The van der Waals surface area contributed by atoms with Crippen LogP contribution in [0, 0.1) is 12.8 Å². The van der Waals surface area contributed by atoms with E-state index >= 15 is 0 Å². The van der Waals surface area contributed by atoms with Crippen LogP contribution >= 0.6 is 0 Å². The molecule has 0 N–H and O–H groups in total. The molecule has 18 heavy (non-hydrogen) atoms. The van der Waals surface area contributed by atoms with Crippen LogP contribution in [0.5, 0.6) is 0 Å². The van der Waals surface area contributed by atoms with E-state index < -0.39 is 17.6 Å². The molecule has 0 aromatic heterocycles. The highest BCUT2D eigenvalue weighted by molar-refractivity contribution is 6.01. The standard InChI is InChI=1S/C14H16F2O2/c1-10-2-4-11(5-3-10)13(17)14(15,16)12-6-8-18-9-7-12/h2-5,12H,6-9H2,1H3. The summed E-state index contributed by atoms with van der Waals surface area (Å²) in [5.74, 6) is -5.27. The van der Waals surface area contributed by atoms with Crippen LogP contribution in [-0.4, -0.2) is 24.9 Å². The van der Waals surface area contributed by atoms with Crippen LogP contribution in [0.3, 0.4) is 0 Å². The summed E-state index contributed by atoms with van der Waals surface area (Å²) in [4.78, 5) is 11.9. The summed E-state index contributed by atoms with van der Waals surface area (Å²) in [5, 5.41) is 0. The van der Waals surface area contributed by atoms with Gasteiger partial charge in [0.1, 0.15) is 0 Å². The molecule has 0 aliphatic carbocycles. The molecule has 0 unspecified atom stereocenters. The highest BCUT2D eigenvalue weighted by atomic mass is 19.3. The number of hydrogen-bond donors (Lipinski definition) is 0. The number of halogens is 2. The van der Waals surface area contributed by atoms with E-state index in [1.165, 1.54) is 12.1 Å². The molecule has 0 radical (unpaired) electrons. The van der Waals surface area contributed by atoms with Gasteiger partial charge in [0.15, 0.2) is 0 Å². The van der Waals surface area contributed by atoms with Crippen molar-refractivity contribution in [3.05, 3.63) is 35.4 Å². The van der Waals surface area contributed by atoms with Gasteiger partial charge in [0, 0.05) is 24.7 Å². The Morgan fingerprint density at radius 2 is 1.78 bits per heavy atom. The minimum atomic E-state index is -3.29. The molecule has 0 atom stereocenters. The SMILES string of the molecule is Cc1ccc(C(=O)C(F)(F)C2CCOCC2)cc1. The van der Waals surface area contributed by atoms with E-state index in [1.54, 1.807) is 12.1 Å². The van der Waals surface area contributed by atoms with E-state index in [-0.39, 0.29) is 18.4 Å². The minimum absolute atomic E-state index is 0.0806. The molecular formula is C14H16F2O2. The Balaban J connectivity index is 2.17. The fourth-order valence-electron chi connectivity index (χ4n) is 2.14. The van der Waals surface area contributed by atoms with Crippen LogP contribution in [0.1, 0.15) is 28.8 Å². The van der Waals surface area contributed by atoms with Gasteiger partial charge < -0.3 is 4.74 Å². The lowest BCUT2D eigenvalue weighted by Crippen LogP contribution is -2.40. The lowest BCUT2D eigenvalue weighted by molar-refractivity contribution is -0.0685. The van der Waals surface area contributed by atoms with Crippen molar-refractivity contribution in [2.45, 2.75) is 25.7 Å². The molecule has 1 aliphatic rings. The number of ether oxygens (including phenoxy) is 1. The van der Waals surface area contributed by atoms with Crippen LogP contribution in [0.4, 0.5) is 8.78 Å². The maximum Gasteiger partial charge on any atom is 0.312 e. The molecular weight excluding hydrogens is 238 g/mol. The smallest absolute Gasteiger partial charge is 0.312 e. The van der Waals surface area contributed by atoms with Crippen LogP contribution in [0.2, 0.25) is 0 Å². The number of alkyl halides is 2. The highest BCUT2D eigenvalue weighted by Crippen LogP contribution is 2.35. The van der Waals surface area contributed by atoms with Gasteiger partial charge in [-0.05, 0) is 19.8 Å². The number of rotatable bonds is 3. The van der Waals surface area contributed by atoms with Gasteiger partial charge in [-0.3, -0.25) is 4.79 Å². The Kier molecular flexibility index (Phi) is 3.76. The summed E-state index contributed by atoms with van der Waals surface area (Å²) in [6.45, 7) is 2.47. The number of carbonyl (C=O) groups is 1. The third kappa shape index (κ3) is 2.58. The van der Waals surface area contributed by atoms with E-state index in [2.05, 4.69) is 0 Å². The molecule has 0 amide bonds. The van der Waals surface area contributed by atoms with E-state index in [9.17, 15) is 13.6 Å². The summed E-state index contributed by atoms with van der Waals surface area (Å²) in [6, 6.07) is 6.27. The molecule has 2 nitrogen and oxygen atoms in total. The van der Waals surface area contributed by atoms with Crippen molar-refractivity contribution >= 4 is 5.78 Å². The van der Waals surface area contributed by atoms with Gasteiger partial charge in [0.05, 0.1) is 0 Å². The second-order valence-electron chi connectivity index (χ2n) is 4.70. The first-order chi connectivity index (χ1) is 8.51. The van der Waals surface area contributed by atoms with Crippen molar-refractivity contribution in [1.29, 1.82) is 0 Å². The fourth-order valence-corrected chi connectivity index (χ4v) is 2.14. The molecule has 1 saturated heterocycles. The van der Waals surface area contributed by atoms with Gasteiger partial charge in [-0.25, -0.2) is 0 Å². The maximum absolute atomic E-state index is 14.1. The monoisotopic (exact) mass is 254 g/mol. The van der Waals surface area contributed by atoms with E-state index in [0.29, 0.717) is 13.2 Å². The zero-order valence-electron chi connectivity index (χ0n) is 10.3. The predicted molar refractivity (Wildman–Crippen MR) is 64.0 cm³/mol. The molecule has 1 heterocycles. The Hall–Kier alpha value is -1.29. The van der Waals surface area contributed by atoms with Crippen LogP contribution < -0.4 is 0 Å². The molecule has 1 aliphatic heterocycles. The third-order valence-electron chi connectivity index (χ3n) is 3.35. The van der Waals surface area contributed by atoms with E-state index in [4.69, 9.17) is 4.74 Å². The van der Waals surface area contributed by atoms with Crippen molar-refractivity contribution in [3.8, 4) is 0 Å². The number of Topliss-reactive ketones (excluding diaryl/α,β-unsaturated/α-hetero) is 1. The molecule has 98 valence electrons. The zero-order valence-corrected chi connectivity index (χ0v) is 10.3. The lowest BCUT2D eigenvalue weighted by Gasteiger charge is -2.28. The average molecular weight is 254 g/mol. The summed E-state index contributed by atoms with van der Waals surface area (Å²) in [7, 11) is 0. The summed E-state index contributed by atoms with van der Waals surface area (Å²) >= 11 is 0. The molecule has 0 bridgehead atoms. The quantitative estimate of drug-likeness (QED) is 0.774. The predicted octanol–water partition coefficient (Wildman–Crippen LogP) is 3.24. The topological polar surface area (TPSA) is 26.3 Å². The van der Waals surface area contributed by atoms with Crippen molar-refractivity contribution in [3.63, 3.8) is 0 Å². The summed E-state index contributed by atoms with van der Waals surface area (Å²) in [5.41, 5.74) is 1.03. The number of benzene rings is 1. The first kappa shape index (κ1) is 13.1. The zero-order chi connectivity index (χ0) is 13.2. The number of hydrogen-bond acceptors (Lipinski definition) is 2. The molecule has 0 spiro atoms. The van der Waals surface area contributed by atoms with Gasteiger partial charge in [0.25, 0.3) is 0 Å². The van der Waals surface area contributed by atoms with E-state index in [0.717, 1.165) is 5.56 Å². The van der Waals surface area contributed by atoms with Crippen LogP contribution in [-0.2, 0) is 4.74 Å². The highest BCUT2D eigenvalue weighted by Gasteiger charge is 2.47. The molecule has 0 saturated carbocycles. The van der Waals surface area contributed by atoms with Gasteiger partial charge in [0.2, 0.25) is 5.78 Å². The molecule has 1 aromatic rings. The lowest BCUT2D eigenvalue weighted by atomic mass is 9.88. The second-order valence-corrected chi connectivity index (χ2v) is 4.70. The number of ketones is 1. The van der Waals surface area contributed by atoms with Crippen LogP contribution in [0.25, 0.3) is 0 Å². The van der Waals surface area contributed by atoms with Crippen molar-refractivity contribution in [2.75, 3.05) is 13.2 Å². The Morgan fingerprint density at radius 1 is 1.22 bits per heavy atom. The van der Waals surface area contributed by atoms with Gasteiger partial charge in [-0.1, -0.05) is 29.8 Å². The number of carbonyl (C=O) groups excluding carboxylic acids is 1. The average Bonchev–Trinajstić information content (AvgIpc) is 2.40. The maximum atomic E-state index is 14.1. The van der Waals surface area contributed by atoms with Gasteiger partial charge in [-0.2, -0.15) is 8.78 Å². The Bertz CT molecular complexity index is 420. The first-order valence-corrected chi connectivity index (χ1v) is 6.09. The molecule has 4 heteroatoms. The first-order valence-electron chi connectivity index (χ1n) is 6.09. The molecule has 1 fully saturated rings. The van der Waals surface area contributed by atoms with E-state index in [1.807, 2.05) is 6.92 Å².